The van der Waals surface area contributed by atoms with Crippen LogP contribution in [0.15, 0.2) is 0 Å². The molecule has 1 N–H and O–H groups in total. The summed E-state index contributed by atoms with van der Waals surface area (Å²) in [4.78, 5) is 24.2. The molecule has 0 bridgehead atoms. The zero-order chi connectivity index (χ0) is 15.8. The minimum absolute atomic E-state index is 0.134. The number of thiol groups is 1. The van der Waals surface area contributed by atoms with Gasteiger partial charge in [-0.1, -0.05) is 6.92 Å². The van der Waals surface area contributed by atoms with E-state index < -0.39 is 10.3 Å². The molecule has 0 heterocycles. The Kier molecular flexibility index (Phi) is 3.17. The van der Waals surface area contributed by atoms with Gasteiger partial charge in [-0.25, -0.2) is 0 Å². The summed E-state index contributed by atoms with van der Waals surface area (Å²) >= 11 is 5.02. The Balaban J connectivity index is 1.69. The first-order valence-corrected chi connectivity index (χ1v) is 9.25. The Morgan fingerprint density at radius 2 is 1.82 bits per heavy atom. The minimum Gasteiger partial charge on any atom is -0.388 e. The first kappa shape index (κ1) is 15.2. The van der Waals surface area contributed by atoms with E-state index in [-0.39, 0.29) is 17.6 Å². The number of rotatable bonds is 0. The second kappa shape index (κ2) is 4.60. The summed E-state index contributed by atoms with van der Waals surface area (Å²) in [6, 6.07) is 0. The molecule has 4 aliphatic carbocycles. The van der Waals surface area contributed by atoms with Crippen LogP contribution in [-0.4, -0.2) is 27.0 Å². The zero-order valence-corrected chi connectivity index (χ0v) is 14.2. The van der Waals surface area contributed by atoms with E-state index in [2.05, 4.69) is 6.92 Å². The maximum absolute atomic E-state index is 12.4. The van der Waals surface area contributed by atoms with Crippen LogP contribution in [0.4, 0.5) is 0 Å². The Labute approximate surface area is 137 Å². The van der Waals surface area contributed by atoms with E-state index in [1.807, 2.05) is 0 Å². The number of carbonyl (C=O) groups is 2. The van der Waals surface area contributed by atoms with Crippen LogP contribution >= 0.6 is 12.6 Å². The van der Waals surface area contributed by atoms with E-state index in [0.717, 1.165) is 32.1 Å². The van der Waals surface area contributed by atoms with E-state index in [4.69, 9.17) is 12.6 Å². The molecule has 0 aromatic carbocycles. The van der Waals surface area contributed by atoms with Gasteiger partial charge in [-0.15, -0.1) is 0 Å². The standard InChI is InChI=1S/C18H26O3S/c1-16-7-6-14-12(13(16)2-3-15(16)20)5-8-17(21)10-11(19)4-9-18(14,17)22/h12-14,21-22H,2-10H2,1H3/t12-,13-,14-,16-,17+,18-/m0/s1. The van der Waals surface area contributed by atoms with Gasteiger partial charge in [0, 0.05) is 29.4 Å². The highest BCUT2D eigenvalue weighted by molar-refractivity contribution is 7.82. The van der Waals surface area contributed by atoms with Gasteiger partial charge in [0.15, 0.2) is 0 Å². The number of Topliss-reactive ketones (excluding diaryl/α,β-unsaturated/α-hetero) is 2. The average Bonchev–Trinajstić information content (AvgIpc) is 2.76. The van der Waals surface area contributed by atoms with Crippen molar-refractivity contribution in [2.45, 2.75) is 75.1 Å². The monoisotopic (exact) mass is 322 g/mol. The summed E-state index contributed by atoms with van der Waals surface area (Å²) < 4.78 is -0.434. The lowest BCUT2D eigenvalue weighted by atomic mass is 9.49. The Morgan fingerprint density at radius 3 is 2.59 bits per heavy atom. The molecule has 0 radical (unpaired) electrons. The second-order valence-electron chi connectivity index (χ2n) is 8.50. The van der Waals surface area contributed by atoms with Crippen molar-refractivity contribution in [1.29, 1.82) is 0 Å². The van der Waals surface area contributed by atoms with Crippen LogP contribution in [0, 0.1) is 23.2 Å². The summed E-state index contributed by atoms with van der Waals surface area (Å²) in [5.41, 5.74) is -1.06. The molecule has 0 saturated heterocycles. The number of hydrogen-bond donors (Lipinski definition) is 2. The molecule has 4 heteroatoms. The lowest BCUT2D eigenvalue weighted by molar-refractivity contribution is -0.152. The van der Waals surface area contributed by atoms with Crippen LogP contribution < -0.4 is 0 Å². The number of ketones is 2. The molecular formula is C18H26O3S. The SMILES string of the molecule is C[C@]12CC[C@H]3[C@@H](CC[C@@]4(O)CC(=O)CC[C@]34S)[C@@H]1CCC2=O. The molecule has 0 unspecified atom stereocenters. The fourth-order valence-corrected chi connectivity index (χ4v) is 7.05. The highest BCUT2D eigenvalue weighted by Gasteiger charge is 2.65. The third-order valence-electron chi connectivity index (χ3n) is 7.73. The van der Waals surface area contributed by atoms with Gasteiger partial charge in [-0.2, -0.15) is 12.6 Å². The van der Waals surface area contributed by atoms with E-state index >= 15 is 0 Å². The topological polar surface area (TPSA) is 54.4 Å². The molecule has 22 heavy (non-hydrogen) atoms. The molecule has 0 aliphatic heterocycles. The molecule has 0 aromatic rings. The maximum atomic E-state index is 12.4. The molecule has 4 fully saturated rings. The van der Waals surface area contributed by atoms with Crippen molar-refractivity contribution < 1.29 is 14.7 Å². The van der Waals surface area contributed by atoms with Gasteiger partial charge in [0.1, 0.15) is 11.6 Å². The van der Waals surface area contributed by atoms with Crippen molar-refractivity contribution in [2.75, 3.05) is 0 Å². The summed E-state index contributed by atoms with van der Waals surface area (Å²) in [5.74, 6) is 1.94. The Hall–Kier alpha value is -0.350. The van der Waals surface area contributed by atoms with Gasteiger partial charge in [0.05, 0.1) is 5.60 Å². The van der Waals surface area contributed by atoms with Crippen LogP contribution in [0.3, 0.4) is 0 Å². The lowest BCUT2D eigenvalue weighted by Gasteiger charge is -2.61. The Morgan fingerprint density at radius 1 is 1.05 bits per heavy atom. The van der Waals surface area contributed by atoms with Gasteiger partial charge in [0.25, 0.3) is 0 Å². The van der Waals surface area contributed by atoms with Gasteiger partial charge >= 0.3 is 0 Å². The predicted molar refractivity (Wildman–Crippen MR) is 86.8 cm³/mol. The molecule has 122 valence electrons. The van der Waals surface area contributed by atoms with Crippen LogP contribution in [0.25, 0.3) is 0 Å². The highest BCUT2D eigenvalue weighted by atomic mass is 32.1. The molecule has 6 atom stereocenters. The van der Waals surface area contributed by atoms with E-state index in [1.165, 1.54) is 0 Å². The van der Waals surface area contributed by atoms with Crippen LogP contribution in [0.5, 0.6) is 0 Å². The first-order valence-electron chi connectivity index (χ1n) is 8.80. The first-order chi connectivity index (χ1) is 10.3. The van der Waals surface area contributed by atoms with Crippen LogP contribution in [0.1, 0.15) is 64.7 Å². The largest absolute Gasteiger partial charge is 0.388 e. The number of carbonyl (C=O) groups excluding carboxylic acids is 2. The molecule has 4 rings (SSSR count). The normalized spacial score (nSPS) is 54.6. The highest BCUT2D eigenvalue weighted by Crippen LogP contribution is 2.64. The van der Waals surface area contributed by atoms with Crippen molar-refractivity contribution in [3.05, 3.63) is 0 Å². The molecule has 0 spiro atoms. The second-order valence-corrected chi connectivity index (χ2v) is 9.30. The number of fused-ring (bicyclic) bond motifs is 5. The smallest absolute Gasteiger partial charge is 0.139 e. The van der Waals surface area contributed by atoms with Gasteiger partial charge < -0.3 is 5.11 Å². The summed E-state index contributed by atoms with van der Waals surface area (Å²) in [6.07, 6.45) is 6.80. The van der Waals surface area contributed by atoms with Crippen molar-refractivity contribution in [1.82, 2.24) is 0 Å². The third-order valence-corrected chi connectivity index (χ3v) is 8.70. The van der Waals surface area contributed by atoms with E-state index in [9.17, 15) is 14.7 Å². The van der Waals surface area contributed by atoms with Gasteiger partial charge in [0.2, 0.25) is 0 Å². The summed E-state index contributed by atoms with van der Waals surface area (Å²) in [6.45, 7) is 2.17. The van der Waals surface area contributed by atoms with Crippen molar-refractivity contribution in [2.24, 2.45) is 23.2 Å². The zero-order valence-electron chi connectivity index (χ0n) is 13.3. The Bertz CT molecular complexity index is 546. The lowest BCUT2D eigenvalue weighted by Crippen LogP contribution is -2.65. The number of hydrogen-bond acceptors (Lipinski definition) is 4. The minimum atomic E-state index is -0.928. The van der Waals surface area contributed by atoms with E-state index in [1.54, 1.807) is 0 Å². The molecular weight excluding hydrogens is 296 g/mol. The molecule has 4 aliphatic rings. The third kappa shape index (κ3) is 1.74. The summed E-state index contributed by atoms with van der Waals surface area (Å²) in [5, 5.41) is 11.2. The molecule has 0 aromatic heterocycles. The van der Waals surface area contributed by atoms with Gasteiger partial charge in [-0.05, 0) is 56.3 Å². The fraction of sp³-hybridized carbons (Fsp3) is 0.889. The molecule has 3 nitrogen and oxygen atoms in total. The van der Waals surface area contributed by atoms with Crippen LogP contribution in [0.2, 0.25) is 0 Å². The van der Waals surface area contributed by atoms with Crippen LogP contribution in [-0.2, 0) is 9.59 Å². The molecule has 0 amide bonds. The van der Waals surface area contributed by atoms with Crippen molar-refractivity contribution in [3.8, 4) is 0 Å². The van der Waals surface area contributed by atoms with Crippen molar-refractivity contribution >= 4 is 24.2 Å². The van der Waals surface area contributed by atoms with Crippen molar-refractivity contribution in [3.63, 3.8) is 0 Å². The summed E-state index contributed by atoms with van der Waals surface area (Å²) in [7, 11) is 0. The average molecular weight is 322 g/mol. The predicted octanol–water partition coefficient (Wildman–Crippen LogP) is 2.94. The van der Waals surface area contributed by atoms with Gasteiger partial charge in [-0.3, -0.25) is 9.59 Å². The number of aliphatic hydroxyl groups is 1. The quantitative estimate of drug-likeness (QED) is 0.674. The fourth-order valence-electron chi connectivity index (χ4n) is 6.43. The van der Waals surface area contributed by atoms with E-state index in [0.29, 0.717) is 42.8 Å². The molecule has 4 saturated carbocycles. The maximum Gasteiger partial charge on any atom is 0.139 e.